The Bertz CT molecular complexity index is 819. The summed E-state index contributed by atoms with van der Waals surface area (Å²) in [7, 11) is 0. The second-order valence-corrected chi connectivity index (χ2v) is 6.92. The summed E-state index contributed by atoms with van der Waals surface area (Å²) >= 11 is 0. The summed E-state index contributed by atoms with van der Waals surface area (Å²) in [5.41, 5.74) is 1.42. The van der Waals surface area contributed by atoms with Gasteiger partial charge in [-0.3, -0.25) is 9.59 Å². The van der Waals surface area contributed by atoms with Gasteiger partial charge in [0.15, 0.2) is 0 Å². The fourth-order valence-electron chi connectivity index (χ4n) is 3.55. The lowest BCUT2D eigenvalue weighted by molar-refractivity contribution is -0.142. The lowest BCUT2D eigenvalue weighted by atomic mass is 10.2. The van der Waals surface area contributed by atoms with Gasteiger partial charge in [0.1, 0.15) is 6.10 Å². The van der Waals surface area contributed by atoms with Gasteiger partial charge in [0.25, 0.3) is 11.8 Å². The van der Waals surface area contributed by atoms with E-state index in [-0.39, 0.29) is 23.7 Å². The van der Waals surface area contributed by atoms with Gasteiger partial charge in [-0.2, -0.15) is 0 Å². The van der Waals surface area contributed by atoms with Crippen LogP contribution in [0.25, 0.3) is 11.5 Å². The third-order valence-electron chi connectivity index (χ3n) is 5.10. The molecule has 2 aliphatic rings. The quantitative estimate of drug-likeness (QED) is 0.828. The molecule has 0 bridgehead atoms. The molecule has 0 spiro atoms. The lowest BCUT2D eigenvalue weighted by Crippen LogP contribution is -2.52. The van der Waals surface area contributed by atoms with Gasteiger partial charge in [-0.05, 0) is 31.9 Å². The lowest BCUT2D eigenvalue weighted by Gasteiger charge is -2.35. The molecule has 0 saturated carbocycles. The Morgan fingerprint density at radius 2 is 1.78 bits per heavy atom. The number of oxazole rings is 1. The Kier molecular flexibility index (Phi) is 4.94. The topological polar surface area (TPSA) is 75.9 Å². The molecular weight excluding hydrogens is 346 g/mol. The van der Waals surface area contributed by atoms with Gasteiger partial charge in [-0.15, -0.1) is 0 Å². The van der Waals surface area contributed by atoms with E-state index in [1.54, 1.807) is 16.7 Å². The summed E-state index contributed by atoms with van der Waals surface area (Å²) in [6.45, 7) is 4.44. The number of amides is 2. The molecule has 27 heavy (non-hydrogen) atoms. The Morgan fingerprint density at radius 3 is 2.44 bits per heavy atom. The Morgan fingerprint density at radius 1 is 1.07 bits per heavy atom. The van der Waals surface area contributed by atoms with Crippen molar-refractivity contribution in [3.05, 3.63) is 41.8 Å². The van der Waals surface area contributed by atoms with Crippen LogP contribution in [0.3, 0.4) is 0 Å². The largest absolute Gasteiger partial charge is 0.431 e. The molecule has 2 aliphatic heterocycles. The average Bonchev–Trinajstić information content (AvgIpc) is 3.38. The van der Waals surface area contributed by atoms with Gasteiger partial charge in [0.05, 0.1) is 5.69 Å². The first-order valence-electron chi connectivity index (χ1n) is 9.36. The van der Waals surface area contributed by atoms with Crippen molar-refractivity contribution in [1.82, 2.24) is 14.8 Å². The maximum absolute atomic E-state index is 12.9. The minimum Gasteiger partial charge on any atom is -0.431 e. The van der Waals surface area contributed by atoms with E-state index >= 15 is 0 Å². The summed E-state index contributed by atoms with van der Waals surface area (Å²) in [6, 6.07) is 9.52. The van der Waals surface area contributed by atoms with Crippen LogP contribution in [0.15, 0.2) is 34.7 Å². The average molecular weight is 369 g/mol. The maximum atomic E-state index is 12.9. The fourth-order valence-corrected chi connectivity index (χ4v) is 3.55. The monoisotopic (exact) mass is 369 g/mol. The summed E-state index contributed by atoms with van der Waals surface area (Å²) in [5, 5.41) is 0. The highest BCUT2D eigenvalue weighted by Gasteiger charge is 2.32. The molecule has 2 aromatic rings. The Balaban J connectivity index is 1.41. The van der Waals surface area contributed by atoms with E-state index < -0.39 is 0 Å². The predicted octanol–water partition coefficient (Wildman–Crippen LogP) is 2.11. The van der Waals surface area contributed by atoms with Crippen molar-refractivity contribution >= 4 is 11.8 Å². The highest BCUT2D eigenvalue weighted by molar-refractivity contribution is 5.93. The molecule has 2 saturated heterocycles. The van der Waals surface area contributed by atoms with Crippen LogP contribution in [0.5, 0.6) is 0 Å². The Hall–Kier alpha value is -2.67. The number of hydrogen-bond donors (Lipinski definition) is 0. The molecule has 1 unspecified atom stereocenters. The number of hydrogen-bond acceptors (Lipinski definition) is 5. The number of carbonyl (C=O) groups is 2. The van der Waals surface area contributed by atoms with Gasteiger partial charge >= 0.3 is 0 Å². The second kappa shape index (κ2) is 7.52. The molecule has 2 fully saturated rings. The summed E-state index contributed by atoms with van der Waals surface area (Å²) < 4.78 is 11.2. The number of nitrogens with zero attached hydrogens (tertiary/aromatic N) is 3. The van der Waals surface area contributed by atoms with Crippen molar-refractivity contribution in [2.24, 2.45) is 0 Å². The standard InChI is InChI=1S/C20H23N3O4/c1-14-17(27-18(21-14)15-6-3-2-4-7-15)20(25)23-11-9-22(10-12-23)19(24)16-8-5-13-26-16/h2-4,6-7,16H,5,8-13H2,1H3. The first-order chi connectivity index (χ1) is 13.1. The highest BCUT2D eigenvalue weighted by Crippen LogP contribution is 2.23. The maximum Gasteiger partial charge on any atom is 0.291 e. The SMILES string of the molecule is Cc1nc(-c2ccccc2)oc1C(=O)N1CCN(C(=O)C2CCCO2)CC1. The summed E-state index contributed by atoms with van der Waals surface area (Å²) in [5.74, 6) is 0.588. The Labute approximate surface area is 157 Å². The van der Waals surface area contributed by atoms with Gasteiger partial charge < -0.3 is 19.0 Å². The van der Waals surface area contributed by atoms with Crippen LogP contribution in [0, 0.1) is 6.92 Å². The van der Waals surface area contributed by atoms with Crippen molar-refractivity contribution < 1.29 is 18.7 Å². The molecule has 1 aromatic heterocycles. The minimum atomic E-state index is -0.308. The van der Waals surface area contributed by atoms with E-state index in [0.29, 0.717) is 44.4 Å². The van der Waals surface area contributed by atoms with Gasteiger partial charge in [-0.25, -0.2) is 4.98 Å². The van der Waals surface area contributed by atoms with Crippen LogP contribution in [-0.4, -0.2) is 65.5 Å². The predicted molar refractivity (Wildman–Crippen MR) is 98.1 cm³/mol. The second-order valence-electron chi connectivity index (χ2n) is 6.92. The van der Waals surface area contributed by atoms with E-state index in [1.807, 2.05) is 30.3 Å². The highest BCUT2D eigenvalue weighted by atomic mass is 16.5. The number of ether oxygens (including phenoxy) is 1. The molecule has 1 aromatic carbocycles. The molecule has 0 aliphatic carbocycles. The number of piperazine rings is 1. The van der Waals surface area contributed by atoms with Crippen molar-refractivity contribution in [3.63, 3.8) is 0 Å². The molecule has 1 atom stereocenters. The molecule has 3 heterocycles. The van der Waals surface area contributed by atoms with E-state index in [2.05, 4.69) is 4.98 Å². The van der Waals surface area contributed by atoms with E-state index in [4.69, 9.17) is 9.15 Å². The third kappa shape index (κ3) is 3.60. The first kappa shape index (κ1) is 17.7. The first-order valence-corrected chi connectivity index (χ1v) is 9.36. The third-order valence-corrected chi connectivity index (χ3v) is 5.10. The fraction of sp³-hybridized carbons (Fsp3) is 0.450. The van der Waals surface area contributed by atoms with Gasteiger partial charge in [0.2, 0.25) is 11.7 Å². The van der Waals surface area contributed by atoms with E-state index in [0.717, 1.165) is 18.4 Å². The van der Waals surface area contributed by atoms with E-state index in [9.17, 15) is 9.59 Å². The molecule has 0 N–H and O–H groups in total. The zero-order valence-corrected chi connectivity index (χ0v) is 15.4. The molecule has 4 rings (SSSR count). The van der Waals surface area contributed by atoms with Crippen LogP contribution in [-0.2, 0) is 9.53 Å². The summed E-state index contributed by atoms with van der Waals surface area (Å²) in [6.07, 6.45) is 1.41. The molecule has 142 valence electrons. The molecule has 2 amide bonds. The molecule has 7 heteroatoms. The van der Waals surface area contributed by atoms with Crippen LogP contribution < -0.4 is 0 Å². The smallest absolute Gasteiger partial charge is 0.291 e. The number of carbonyl (C=O) groups excluding carboxylic acids is 2. The molecular formula is C20H23N3O4. The number of aryl methyl sites for hydroxylation is 1. The van der Waals surface area contributed by atoms with E-state index in [1.165, 1.54) is 0 Å². The zero-order chi connectivity index (χ0) is 18.8. The number of benzene rings is 1. The number of aromatic nitrogens is 1. The zero-order valence-electron chi connectivity index (χ0n) is 15.4. The van der Waals surface area contributed by atoms with Crippen molar-refractivity contribution in [2.75, 3.05) is 32.8 Å². The van der Waals surface area contributed by atoms with Crippen LogP contribution in [0.2, 0.25) is 0 Å². The van der Waals surface area contributed by atoms with Crippen molar-refractivity contribution in [2.45, 2.75) is 25.9 Å². The number of rotatable bonds is 3. The van der Waals surface area contributed by atoms with Gasteiger partial charge in [-0.1, -0.05) is 18.2 Å². The van der Waals surface area contributed by atoms with Crippen molar-refractivity contribution in [1.29, 1.82) is 0 Å². The molecule has 7 nitrogen and oxygen atoms in total. The normalized spacial score (nSPS) is 20.1. The minimum absolute atomic E-state index is 0.0433. The van der Waals surface area contributed by atoms with Crippen molar-refractivity contribution in [3.8, 4) is 11.5 Å². The van der Waals surface area contributed by atoms with Crippen LogP contribution in [0.1, 0.15) is 29.1 Å². The van der Waals surface area contributed by atoms with Gasteiger partial charge in [0, 0.05) is 38.3 Å². The summed E-state index contributed by atoms with van der Waals surface area (Å²) in [4.78, 5) is 33.2. The van der Waals surface area contributed by atoms with Crippen LogP contribution >= 0.6 is 0 Å². The van der Waals surface area contributed by atoms with Crippen LogP contribution in [0.4, 0.5) is 0 Å². The molecule has 0 radical (unpaired) electrons.